The fraction of sp³-hybridized carbons (Fsp3) is 0.441. The summed E-state index contributed by atoms with van der Waals surface area (Å²) in [5, 5.41) is 48.8. The Hall–Kier alpha value is -6.87. The zero-order chi connectivity index (χ0) is 41.9. The van der Waals surface area contributed by atoms with Crippen molar-refractivity contribution in [2.24, 2.45) is 0 Å². The first kappa shape index (κ1) is 45.3. The lowest BCUT2D eigenvalue weighted by Crippen LogP contribution is -2.58. The van der Waals surface area contributed by atoms with Gasteiger partial charge in [-0.05, 0) is 56.7 Å². The molecule has 56 heavy (non-hydrogen) atoms. The van der Waals surface area contributed by atoms with Crippen molar-refractivity contribution in [3.05, 3.63) is 42.0 Å². The number of carboxylic acids is 4. The number of nitrogen functional groups attached to an aromatic ring is 1. The summed E-state index contributed by atoms with van der Waals surface area (Å²) in [6.45, 7) is -0.701. The van der Waals surface area contributed by atoms with Gasteiger partial charge in [-0.15, -0.1) is 0 Å². The predicted octanol–water partition coefficient (Wildman–Crippen LogP) is -2.29. The highest BCUT2D eigenvalue weighted by atomic mass is 16.4. The van der Waals surface area contributed by atoms with E-state index in [1.165, 1.54) is 6.07 Å². The highest BCUT2D eigenvalue weighted by Gasteiger charge is 2.33. The molecule has 22 heteroatoms. The first-order chi connectivity index (χ1) is 26.4. The van der Waals surface area contributed by atoms with E-state index < -0.39 is 134 Å². The first-order valence-corrected chi connectivity index (χ1v) is 17.1. The summed E-state index contributed by atoms with van der Waals surface area (Å²) in [6.07, 6.45) is -1.74. The Morgan fingerprint density at radius 3 is 1.54 bits per heavy atom. The van der Waals surface area contributed by atoms with Crippen LogP contribution in [0.25, 0.3) is 0 Å². The minimum absolute atomic E-state index is 0.144. The normalized spacial score (nSPS) is 14.1. The molecule has 0 saturated carbocycles. The molecule has 0 bridgehead atoms. The average Bonchev–Trinajstić information content (AvgIpc) is 3.43. The first-order valence-electron chi connectivity index (χ1n) is 17.1. The van der Waals surface area contributed by atoms with Crippen LogP contribution in [-0.4, -0.2) is 128 Å². The Morgan fingerprint density at radius 2 is 1.09 bits per heavy atom. The molecule has 11 N–H and O–H groups in total. The van der Waals surface area contributed by atoms with Gasteiger partial charge in [-0.3, -0.25) is 52.8 Å². The summed E-state index contributed by atoms with van der Waals surface area (Å²) in [5.41, 5.74) is 6.37. The second-order valence-electron chi connectivity index (χ2n) is 12.4. The summed E-state index contributed by atoms with van der Waals surface area (Å²) >= 11 is 0. The van der Waals surface area contributed by atoms with Crippen LogP contribution in [0.1, 0.15) is 68.1 Å². The van der Waals surface area contributed by atoms with E-state index in [1.54, 1.807) is 18.2 Å². The van der Waals surface area contributed by atoms with Crippen molar-refractivity contribution in [1.82, 2.24) is 31.5 Å². The van der Waals surface area contributed by atoms with Crippen molar-refractivity contribution in [2.75, 3.05) is 18.8 Å². The molecule has 1 aromatic rings. The van der Waals surface area contributed by atoms with E-state index in [0.29, 0.717) is 16.2 Å². The minimum Gasteiger partial charge on any atom is -0.481 e. The van der Waals surface area contributed by atoms with Gasteiger partial charge in [0, 0.05) is 49.2 Å². The number of carbonyl (C=O) groups is 11. The summed E-state index contributed by atoms with van der Waals surface area (Å²) in [6, 6.07) is -0.488. The van der Waals surface area contributed by atoms with Gasteiger partial charge in [0.25, 0.3) is 17.7 Å². The Bertz CT molecular complexity index is 1710. The third kappa shape index (κ3) is 16.0. The molecule has 0 aromatic heterocycles. The van der Waals surface area contributed by atoms with Gasteiger partial charge in [0.05, 0.1) is 0 Å². The summed E-state index contributed by atoms with van der Waals surface area (Å²) < 4.78 is 0. The second kappa shape index (κ2) is 22.4. The topological polar surface area (TPSA) is 358 Å². The van der Waals surface area contributed by atoms with Crippen molar-refractivity contribution >= 4 is 70.9 Å². The number of amides is 7. The zero-order valence-electron chi connectivity index (χ0n) is 29.9. The molecule has 0 fully saturated rings. The molecule has 304 valence electrons. The molecule has 1 aromatic carbocycles. The molecule has 1 unspecified atom stereocenters. The van der Waals surface area contributed by atoms with Gasteiger partial charge in [0.15, 0.2) is 0 Å². The van der Waals surface area contributed by atoms with Crippen LogP contribution in [0.15, 0.2) is 36.4 Å². The summed E-state index contributed by atoms with van der Waals surface area (Å²) in [5.74, 6) is -12.3. The number of imide groups is 1. The van der Waals surface area contributed by atoms with E-state index >= 15 is 0 Å². The molecule has 1 aliphatic rings. The number of nitrogens with two attached hydrogens (primary N) is 1. The van der Waals surface area contributed by atoms with Gasteiger partial charge in [-0.2, -0.15) is 0 Å². The third-order valence-electron chi connectivity index (χ3n) is 8.03. The molecule has 1 aliphatic heterocycles. The van der Waals surface area contributed by atoms with Crippen LogP contribution in [-0.2, 0) is 47.9 Å². The van der Waals surface area contributed by atoms with E-state index in [1.807, 2.05) is 0 Å². The number of unbranched alkanes of at least 4 members (excludes halogenated alkanes) is 1. The lowest BCUT2D eigenvalue weighted by atomic mass is 10.0. The SMILES string of the molecule is Nc1cccc(C(=O)NCCCCC(NC(=O)[C@H](CCC(=O)O)NC(=O)[C@H](CCC(=O)O)NC(=O)[C@H](CCC(=O)O)NC(=O)CN2C(=O)C=CC2=O)C(=O)O)c1. The molecule has 0 radical (unpaired) electrons. The number of carbonyl (C=O) groups excluding carboxylic acids is 7. The number of rotatable bonds is 25. The van der Waals surface area contributed by atoms with Crippen LogP contribution in [0.2, 0.25) is 0 Å². The minimum atomic E-state index is -1.77. The van der Waals surface area contributed by atoms with Crippen molar-refractivity contribution in [2.45, 2.75) is 82.0 Å². The Labute approximate surface area is 318 Å². The van der Waals surface area contributed by atoms with Crippen LogP contribution in [0.3, 0.4) is 0 Å². The predicted molar refractivity (Wildman–Crippen MR) is 189 cm³/mol. The third-order valence-corrected chi connectivity index (χ3v) is 8.03. The maximum Gasteiger partial charge on any atom is 0.326 e. The lowest BCUT2D eigenvalue weighted by Gasteiger charge is -2.26. The van der Waals surface area contributed by atoms with Gasteiger partial charge >= 0.3 is 23.9 Å². The Morgan fingerprint density at radius 1 is 0.625 bits per heavy atom. The fourth-order valence-electron chi connectivity index (χ4n) is 5.11. The maximum atomic E-state index is 13.4. The number of carboxylic acid groups (broad SMARTS) is 4. The molecule has 0 saturated heterocycles. The highest BCUT2D eigenvalue weighted by Crippen LogP contribution is 2.10. The van der Waals surface area contributed by atoms with Crippen molar-refractivity contribution in [3.63, 3.8) is 0 Å². The van der Waals surface area contributed by atoms with Gasteiger partial charge in [-0.1, -0.05) is 6.07 Å². The van der Waals surface area contributed by atoms with Crippen LogP contribution >= 0.6 is 0 Å². The Balaban J connectivity index is 2.14. The monoisotopic (exact) mass is 789 g/mol. The summed E-state index contributed by atoms with van der Waals surface area (Å²) in [7, 11) is 0. The van der Waals surface area contributed by atoms with E-state index in [0.717, 1.165) is 12.2 Å². The van der Waals surface area contributed by atoms with E-state index in [9.17, 15) is 68.1 Å². The van der Waals surface area contributed by atoms with E-state index in [2.05, 4.69) is 26.6 Å². The number of benzene rings is 1. The zero-order valence-corrected chi connectivity index (χ0v) is 29.9. The number of nitrogens with zero attached hydrogens (tertiary/aromatic N) is 1. The lowest BCUT2D eigenvalue weighted by molar-refractivity contribution is -0.143. The van der Waals surface area contributed by atoms with Crippen molar-refractivity contribution < 1.29 is 73.2 Å². The maximum absolute atomic E-state index is 13.4. The molecule has 22 nitrogen and oxygen atoms in total. The number of hydrogen-bond acceptors (Lipinski definition) is 12. The summed E-state index contributed by atoms with van der Waals surface area (Å²) in [4.78, 5) is 135. The molecule has 0 aliphatic carbocycles. The molecular weight excluding hydrogens is 746 g/mol. The van der Waals surface area contributed by atoms with E-state index in [-0.39, 0.29) is 25.8 Å². The molecule has 2 rings (SSSR count). The van der Waals surface area contributed by atoms with Gasteiger partial charge in [0.1, 0.15) is 30.7 Å². The quantitative estimate of drug-likeness (QED) is 0.0283. The van der Waals surface area contributed by atoms with E-state index in [4.69, 9.17) is 10.8 Å². The van der Waals surface area contributed by atoms with Gasteiger partial charge in [0.2, 0.25) is 23.6 Å². The highest BCUT2D eigenvalue weighted by molar-refractivity contribution is 6.14. The standard InChI is InChI=1S/C34H43N7O15/c35-19-5-3-4-18(16-19)30(51)36-15-2-1-6-23(34(55)56)40-33(54)22(9-14-29(49)50)39-32(53)21(8-13-28(47)48)38-31(52)20(7-12-27(45)46)37-24(42)17-41-25(43)10-11-26(41)44/h3-5,10-11,16,20-23H,1-2,6-9,12-15,17,35H2,(H,36,51)(H,37,42)(H,38,52)(H,39,53)(H,40,54)(H,45,46)(H,47,48)(H,49,50)(H,55,56)/t20-,21-,22-,23?/m0/s1. The fourth-order valence-corrected chi connectivity index (χ4v) is 5.11. The number of aliphatic carboxylic acids is 4. The number of anilines is 1. The van der Waals surface area contributed by atoms with Crippen LogP contribution < -0.4 is 32.3 Å². The largest absolute Gasteiger partial charge is 0.481 e. The molecule has 1 heterocycles. The van der Waals surface area contributed by atoms with Crippen molar-refractivity contribution in [3.8, 4) is 0 Å². The number of nitrogens with one attached hydrogen (secondary N) is 5. The second-order valence-corrected chi connectivity index (χ2v) is 12.4. The van der Waals surface area contributed by atoms with Gasteiger partial charge in [-0.25, -0.2) is 4.79 Å². The van der Waals surface area contributed by atoms with Gasteiger partial charge < -0.3 is 52.7 Å². The van der Waals surface area contributed by atoms with Crippen LogP contribution in [0, 0.1) is 0 Å². The van der Waals surface area contributed by atoms with Crippen LogP contribution in [0.4, 0.5) is 5.69 Å². The average molecular weight is 790 g/mol. The smallest absolute Gasteiger partial charge is 0.326 e. The number of hydrogen-bond donors (Lipinski definition) is 10. The molecular formula is C34H43N7O15. The molecule has 0 spiro atoms. The van der Waals surface area contributed by atoms with Crippen LogP contribution in [0.5, 0.6) is 0 Å². The molecule has 4 atom stereocenters. The Kier molecular flexibility index (Phi) is 18.1. The van der Waals surface area contributed by atoms with Crippen molar-refractivity contribution in [1.29, 1.82) is 0 Å². The molecule has 7 amide bonds.